The number of fused-ring (bicyclic) bond motifs is 1. The molecule has 1 heterocycles. The molecular weight excluding hydrogens is 320 g/mol. The molecule has 0 saturated heterocycles. The maximum Gasteiger partial charge on any atom is 0.233 e. The molecule has 22 heavy (non-hydrogen) atoms. The molecule has 0 fully saturated rings. The van der Waals surface area contributed by atoms with Crippen LogP contribution in [0.15, 0.2) is 47.4 Å². The molecule has 0 unspecified atom stereocenters. The number of hydrazine groups is 1. The lowest BCUT2D eigenvalue weighted by Gasteiger charge is -2.15. The molecule has 0 aromatic heterocycles. The largest absolute Gasteiger partial charge is 0.329 e. The Bertz CT molecular complexity index is 692. The van der Waals surface area contributed by atoms with E-state index in [1.54, 1.807) is 12.1 Å². The molecule has 3 rings (SSSR count). The zero-order chi connectivity index (χ0) is 15.5. The van der Waals surface area contributed by atoms with Gasteiger partial charge >= 0.3 is 0 Å². The second-order valence-corrected chi connectivity index (χ2v) is 6.15. The molecule has 0 spiro atoms. The molecule has 0 aliphatic carbocycles. The van der Waals surface area contributed by atoms with Crippen LogP contribution in [0, 0.1) is 0 Å². The van der Waals surface area contributed by atoms with E-state index in [0.29, 0.717) is 5.02 Å². The van der Waals surface area contributed by atoms with Gasteiger partial charge in [-0.05, 0) is 47.8 Å². The van der Waals surface area contributed by atoms with Crippen molar-refractivity contribution in [3.05, 3.63) is 53.1 Å². The predicted octanol–water partition coefficient (Wildman–Crippen LogP) is 2.96. The summed E-state index contributed by atoms with van der Waals surface area (Å²) in [5.74, 6) is -0.539. The van der Waals surface area contributed by atoms with Crippen LogP contribution in [0.2, 0.25) is 5.02 Å². The number of nitrogens with one attached hydrogen (secondary N) is 3. The predicted molar refractivity (Wildman–Crippen MR) is 90.9 cm³/mol. The van der Waals surface area contributed by atoms with Crippen molar-refractivity contribution in [2.24, 2.45) is 5.73 Å². The lowest BCUT2D eigenvalue weighted by Crippen LogP contribution is -2.27. The zero-order valence-electron chi connectivity index (χ0n) is 11.6. The summed E-state index contributed by atoms with van der Waals surface area (Å²) in [6.45, 7) is 0.232. The standard InChI is InChI=1S/C15H15ClN4OS/c16-10-3-1-9(2-4-10)12(8-17)15(21)18-11-5-6-13-14(7-11)22-20-19-13/h1-7,12,19-20H,8,17H2,(H,18,21)/t12-/m1/s1. The Morgan fingerprint density at radius 1 is 1.27 bits per heavy atom. The number of amides is 1. The minimum Gasteiger partial charge on any atom is -0.329 e. The Morgan fingerprint density at radius 2 is 2.05 bits per heavy atom. The Kier molecular flexibility index (Phi) is 4.54. The highest BCUT2D eigenvalue weighted by atomic mass is 35.5. The number of halogens is 1. The number of nitrogens with two attached hydrogens (primary N) is 1. The van der Waals surface area contributed by atoms with Crippen molar-refractivity contribution in [2.75, 3.05) is 17.3 Å². The second kappa shape index (κ2) is 6.58. The first-order valence-electron chi connectivity index (χ1n) is 6.75. The normalized spacial score (nSPS) is 14.1. The zero-order valence-corrected chi connectivity index (χ0v) is 13.2. The number of rotatable bonds is 4. The van der Waals surface area contributed by atoms with Crippen molar-refractivity contribution in [2.45, 2.75) is 10.8 Å². The van der Waals surface area contributed by atoms with E-state index in [4.69, 9.17) is 17.3 Å². The van der Waals surface area contributed by atoms with Crippen molar-refractivity contribution in [3.8, 4) is 0 Å². The third-order valence-corrected chi connectivity index (χ3v) is 4.43. The van der Waals surface area contributed by atoms with Gasteiger partial charge < -0.3 is 16.5 Å². The Labute approximate surface area is 137 Å². The van der Waals surface area contributed by atoms with Crippen LogP contribution in [0.5, 0.6) is 0 Å². The number of anilines is 2. The maximum absolute atomic E-state index is 12.5. The van der Waals surface area contributed by atoms with Gasteiger partial charge in [0.05, 0.1) is 16.5 Å². The molecule has 1 atom stereocenters. The minimum atomic E-state index is -0.408. The molecule has 1 amide bonds. The molecule has 0 saturated carbocycles. The van der Waals surface area contributed by atoms with Crippen LogP contribution in [0.4, 0.5) is 11.4 Å². The lowest BCUT2D eigenvalue weighted by atomic mass is 9.98. The van der Waals surface area contributed by atoms with Gasteiger partial charge in [-0.25, -0.2) is 0 Å². The van der Waals surface area contributed by atoms with Crippen molar-refractivity contribution in [1.29, 1.82) is 0 Å². The van der Waals surface area contributed by atoms with Crippen molar-refractivity contribution in [1.82, 2.24) is 4.83 Å². The van der Waals surface area contributed by atoms with E-state index < -0.39 is 5.92 Å². The van der Waals surface area contributed by atoms with E-state index in [9.17, 15) is 4.79 Å². The van der Waals surface area contributed by atoms with Crippen LogP contribution >= 0.6 is 23.5 Å². The van der Waals surface area contributed by atoms with Gasteiger partial charge in [0, 0.05) is 17.3 Å². The smallest absolute Gasteiger partial charge is 0.233 e. The van der Waals surface area contributed by atoms with Crippen LogP contribution in [0.25, 0.3) is 0 Å². The van der Waals surface area contributed by atoms with E-state index in [1.807, 2.05) is 30.3 Å². The van der Waals surface area contributed by atoms with Crippen molar-refractivity contribution < 1.29 is 4.79 Å². The summed E-state index contributed by atoms with van der Waals surface area (Å²) in [5.41, 5.74) is 11.4. The fourth-order valence-electron chi connectivity index (χ4n) is 2.24. The SMILES string of the molecule is NC[C@@H](C(=O)Nc1ccc2c(c1)SNN2)c1ccc(Cl)cc1. The monoisotopic (exact) mass is 334 g/mol. The van der Waals surface area contributed by atoms with E-state index >= 15 is 0 Å². The Morgan fingerprint density at radius 3 is 2.77 bits per heavy atom. The summed E-state index contributed by atoms with van der Waals surface area (Å²) >= 11 is 7.35. The molecule has 1 aliphatic rings. The van der Waals surface area contributed by atoms with E-state index in [1.165, 1.54) is 11.9 Å². The number of hydrogen-bond acceptors (Lipinski definition) is 5. The summed E-state index contributed by atoms with van der Waals surface area (Å²) in [5, 5.41) is 3.55. The Hall–Kier alpha value is -1.73. The van der Waals surface area contributed by atoms with Gasteiger partial charge in [-0.15, -0.1) is 0 Å². The van der Waals surface area contributed by atoms with Crippen molar-refractivity contribution in [3.63, 3.8) is 0 Å². The second-order valence-electron chi connectivity index (χ2n) is 4.87. The first-order chi connectivity index (χ1) is 10.7. The Balaban J connectivity index is 1.76. The molecule has 2 aromatic rings. The van der Waals surface area contributed by atoms with Gasteiger partial charge in [-0.3, -0.25) is 4.79 Å². The molecule has 0 bridgehead atoms. The van der Waals surface area contributed by atoms with Crippen LogP contribution < -0.4 is 21.3 Å². The highest BCUT2D eigenvalue weighted by Crippen LogP contribution is 2.32. The topological polar surface area (TPSA) is 79.2 Å². The quantitative estimate of drug-likeness (QED) is 0.646. The third kappa shape index (κ3) is 3.20. The van der Waals surface area contributed by atoms with Gasteiger partial charge in [0.1, 0.15) is 0 Å². The average molecular weight is 335 g/mol. The molecule has 2 aromatic carbocycles. The molecular formula is C15H15ClN4OS. The summed E-state index contributed by atoms with van der Waals surface area (Å²) in [6.07, 6.45) is 0. The van der Waals surface area contributed by atoms with Gasteiger partial charge in [0.2, 0.25) is 5.91 Å². The van der Waals surface area contributed by atoms with Gasteiger partial charge in [0.25, 0.3) is 0 Å². The molecule has 5 nitrogen and oxygen atoms in total. The van der Waals surface area contributed by atoms with E-state index in [0.717, 1.165) is 21.8 Å². The molecule has 114 valence electrons. The molecule has 5 N–H and O–H groups in total. The van der Waals surface area contributed by atoms with E-state index in [2.05, 4.69) is 15.6 Å². The molecule has 0 radical (unpaired) electrons. The molecule has 1 aliphatic heterocycles. The minimum absolute atomic E-state index is 0.131. The highest BCUT2D eigenvalue weighted by Gasteiger charge is 2.20. The number of benzene rings is 2. The van der Waals surface area contributed by atoms with Gasteiger partial charge in [-0.2, -0.15) is 4.83 Å². The lowest BCUT2D eigenvalue weighted by molar-refractivity contribution is -0.117. The van der Waals surface area contributed by atoms with Crippen molar-refractivity contribution >= 4 is 40.8 Å². The maximum atomic E-state index is 12.5. The first-order valence-corrected chi connectivity index (χ1v) is 7.95. The van der Waals surface area contributed by atoms with Crippen LogP contribution in [0.3, 0.4) is 0 Å². The fourth-order valence-corrected chi connectivity index (χ4v) is 3.05. The highest BCUT2D eigenvalue weighted by molar-refractivity contribution is 7.98. The number of carbonyl (C=O) groups is 1. The number of hydrogen-bond donors (Lipinski definition) is 4. The average Bonchev–Trinajstić information content (AvgIpc) is 2.97. The summed E-state index contributed by atoms with van der Waals surface area (Å²) < 4.78 is 0. The molecule has 7 heteroatoms. The van der Waals surface area contributed by atoms with Gasteiger partial charge in [-0.1, -0.05) is 23.7 Å². The fraction of sp³-hybridized carbons (Fsp3) is 0.133. The summed E-state index contributed by atoms with van der Waals surface area (Å²) in [4.78, 5) is 16.5. The van der Waals surface area contributed by atoms with E-state index in [-0.39, 0.29) is 12.5 Å². The third-order valence-electron chi connectivity index (χ3n) is 3.42. The summed E-state index contributed by atoms with van der Waals surface area (Å²) in [7, 11) is 0. The van der Waals surface area contributed by atoms with Crippen LogP contribution in [-0.2, 0) is 4.79 Å². The van der Waals surface area contributed by atoms with Crippen LogP contribution in [-0.4, -0.2) is 12.5 Å². The first kappa shape index (κ1) is 15.2. The summed E-state index contributed by atoms with van der Waals surface area (Å²) in [6, 6.07) is 12.9. The van der Waals surface area contributed by atoms with Crippen LogP contribution in [0.1, 0.15) is 11.5 Å². The van der Waals surface area contributed by atoms with Gasteiger partial charge in [0.15, 0.2) is 0 Å². The number of carbonyl (C=O) groups excluding carboxylic acids is 1.